The Balaban J connectivity index is 1.49. The molecule has 1 amide bonds. The van der Waals surface area contributed by atoms with Crippen molar-refractivity contribution >= 4 is 17.4 Å². The van der Waals surface area contributed by atoms with Crippen LogP contribution in [0.4, 0.5) is 5.82 Å². The van der Waals surface area contributed by atoms with Gasteiger partial charge in [0, 0.05) is 6.20 Å². The number of anilines is 1. The van der Waals surface area contributed by atoms with Crippen molar-refractivity contribution < 1.29 is 9.63 Å². The summed E-state index contributed by atoms with van der Waals surface area (Å²) < 4.78 is 3.42. The molecule has 10 heteroatoms. The van der Waals surface area contributed by atoms with E-state index in [1.54, 1.807) is 21.7 Å². The lowest BCUT2D eigenvalue weighted by molar-refractivity contribution is -0.172. The normalized spacial score (nSPS) is 20.2. The van der Waals surface area contributed by atoms with Crippen molar-refractivity contribution in [1.82, 2.24) is 34.7 Å². The minimum absolute atomic E-state index is 0.0717. The van der Waals surface area contributed by atoms with Crippen molar-refractivity contribution in [2.75, 3.05) is 24.6 Å². The van der Waals surface area contributed by atoms with Gasteiger partial charge in [0.2, 0.25) is 0 Å². The summed E-state index contributed by atoms with van der Waals surface area (Å²) in [7, 11) is 0. The quantitative estimate of drug-likeness (QED) is 0.650. The molecule has 3 aromatic heterocycles. The van der Waals surface area contributed by atoms with Crippen LogP contribution in [0.1, 0.15) is 18.2 Å². The number of carbonyl (C=O) groups excluding carboxylic acids is 1. The van der Waals surface area contributed by atoms with Crippen LogP contribution < -0.4 is 4.90 Å². The number of aromatic nitrogens is 6. The number of fused-ring (bicyclic) bond motifs is 2. The zero-order valence-corrected chi connectivity index (χ0v) is 13.4. The molecule has 128 valence electrons. The first-order valence-electron chi connectivity index (χ1n) is 8.18. The van der Waals surface area contributed by atoms with E-state index in [9.17, 15) is 4.79 Å². The molecule has 0 unspecified atom stereocenters. The lowest BCUT2D eigenvalue weighted by Crippen LogP contribution is -2.46. The van der Waals surface area contributed by atoms with Crippen molar-refractivity contribution in [3.8, 4) is 0 Å². The van der Waals surface area contributed by atoms with E-state index in [2.05, 4.69) is 25.3 Å². The topological polar surface area (TPSA) is 93.7 Å². The molecule has 3 aromatic rings. The minimum atomic E-state index is -0.435. The SMILES string of the molecule is O=C([C@H]1CN(c2ccc3nncn3n2)Cc2ccnn21)N1CCCO1. The van der Waals surface area contributed by atoms with Gasteiger partial charge in [-0.25, -0.2) is 5.06 Å². The van der Waals surface area contributed by atoms with Gasteiger partial charge < -0.3 is 4.90 Å². The second kappa shape index (κ2) is 5.52. The fourth-order valence-electron chi connectivity index (χ4n) is 3.33. The van der Waals surface area contributed by atoms with Crippen LogP contribution in [-0.4, -0.2) is 60.3 Å². The molecule has 0 aliphatic carbocycles. The van der Waals surface area contributed by atoms with Gasteiger partial charge in [0.25, 0.3) is 5.91 Å². The molecule has 5 rings (SSSR count). The first kappa shape index (κ1) is 14.3. The van der Waals surface area contributed by atoms with Gasteiger partial charge in [-0.1, -0.05) is 0 Å². The van der Waals surface area contributed by atoms with Crippen molar-refractivity contribution in [1.29, 1.82) is 0 Å². The van der Waals surface area contributed by atoms with Gasteiger partial charge in [-0.15, -0.1) is 15.3 Å². The fourth-order valence-corrected chi connectivity index (χ4v) is 3.33. The Morgan fingerprint density at radius 3 is 3.12 bits per heavy atom. The maximum absolute atomic E-state index is 12.9. The Kier molecular flexibility index (Phi) is 3.17. The first-order chi connectivity index (χ1) is 12.3. The maximum Gasteiger partial charge on any atom is 0.272 e. The zero-order chi connectivity index (χ0) is 16.8. The van der Waals surface area contributed by atoms with Gasteiger partial charge in [0.15, 0.2) is 11.7 Å². The fraction of sp³-hybridized carbons (Fsp3) is 0.400. The second-order valence-electron chi connectivity index (χ2n) is 6.12. The lowest BCUT2D eigenvalue weighted by atomic mass is 10.1. The van der Waals surface area contributed by atoms with Crippen LogP contribution in [0.15, 0.2) is 30.7 Å². The van der Waals surface area contributed by atoms with E-state index in [0.717, 1.165) is 17.9 Å². The van der Waals surface area contributed by atoms with Gasteiger partial charge in [0.05, 0.1) is 31.9 Å². The number of nitrogens with zero attached hydrogens (tertiary/aromatic N) is 8. The second-order valence-corrected chi connectivity index (χ2v) is 6.12. The molecule has 0 radical (unpaired) electrons. The Labute approximate surface area is 142 Å². The number of carbonyl (C=O) groups is 1. The van der Waals surface area contributed by atoms with E-state index in [1.165, 1.54) is 5.06 Å². The molecule has 5 heterocycles. The highest BCUT2D eigenvalue weighted by molar-refractivity contribution is 5.80. The average molecular weight is 340 g/mol. The van der Waals surface area contributed by atoms with Gasteiger partial charge in [-0.05, 0) is 24.6 Å². The molecule has 2 aliphatic rings. The van der Waals surface area contributed by atoms with E-state index in [0.29, 0.717) is 31.9 Å². The molecule has 10 nitrogen and oxygen atoms in total. The summed E-state index contributed by atoms with van der Waals surface area (Å²) in [6.07, 6.45) is 4.15. The molecule has 1 saturated heterocycles. The number of hydrogen-bond donors (Lipinski definition) is 0. The highest BCUT2D eigenvalue weighted by Gasteiger charge is 2.36. The van der Waals surface area contributed by atoms with E-state index >= 15 is 0 Å². The third kappa shape index (κ3) is 2.33. The summed E-state index contributed by atoms with van der Waals surface area (Å²) in [6.45, 7) is 2.32. The molecule has 1 fully saturated rings. The van der Waals surface area contributed by atoms with Crippen LogP contribution in [0.25, 0.3) is 5.65 Å². The van der Waals surface area contributed by atoms with Crippen molar-refractivity contribution in [2.45, 2.75) is 19.0 Å². The Morgan fingerprint density at radius 1 is 1.28 bits per heavy atom. The standard InChI is InChI=1S/C15H16N8O2/c24-15(22-6-1-7-25-22)12-9-20(8-11-4-5-17-23(11)12)14-3-2-13-18-16-10-21(13)19-14/h2-5,10,12H,1,6-9H2/t12-/m1/s1. The maximum atomic E-state index is 12.9. The average Bonchev–Trinajstić information content (AvgIpc) is 3.40. The van der Waals surface area contributed by atoms with Crippen molar-refractivity contribution in [3.63, 3.8) is 0 Å². The predicted octanol–water partition coefficient (Wildman–Crippen LogP) is 0.0460. The van der Waals surface area contributed by atoms with Crippen LogP contribution in [0, 0.1) is 0 Å². The summed E-state index contributed by atoms with van der Waals surface area (Å²) >= 11 is 0. The van der Waals surface area contributed by atoms with Crippen molar-refractivity contribution in [2.24, 2.45) is 0 Å². The van der Waals surface area contributed by atoms with Crippen LogP contribution in [0.2, 0.25) is 0 Å². The van der Waals surface area contributed by atoms with Gasteiger partial charge in [0.1, 0.15) is 12.1 Å². The summed E-state index contributed by atoms with van der Waals surface area (Å²) in [6, 6.07) is 5.25. The third-order valence-electron chi connectivity index (χ3n) is 4.55. The minimum Gasteiger partial charge on any atom is -0.347 e. The monoisotopic (exact) mass is 340 g/mol. The summed E-state index contributed by atoms with van der Waals surface area (Å²) in [5.41, 5.74) is 1.65. The first-order valence-corrected chi connectivity index (χ1v) is 8.18. The molecule has 25 heavy (non-hydrogen) atoms. The summed E-state index contributed by atoms with van der Waals surface area (Å²) in [5.74, 6) is 0.692. The lowest BCUT2D eigenvalue weighted by Gasteiger charge is -2.34. The Hall–Kier alpha value is -3.01. The van der Waals surface area contributed by atoms with E-state index in [4.69, 9.17) is 4.84 Å². The van der Waals surface area contributed by atoms with Crippen LogP contribution in [0.3, 0.4) is 0 Å². The highest BCUT2D eigenvalue weighted by atomic mass is 16.7. The molecule has 0 bridgehead atoms. The smallest absolute Gasteiger partial charge is 0.272 e. The molecule has 0 saturated carbocycles. The van der Waals surface area contributed by atoms with Gasteiger partial charge in [-0.3, -0.25) is 14.3 Å². The van der Waals surface area contributed by atoms with E-state index in [-0.39, 0.29) is 5.91 Å². The van der Waals surface area contributed by atoms with E-state index in [1.807, 2.05) is 18.2 Å². The molecule has 2 aliphatic heterocycles. The number of amides is 1. The van der Waals surface area contributed by atoms with Crippen molar-refractivity contribution in [3.05, 3.63) is 36.4 Å². The number of rotatable bonds is 2. The van der Waals surface area contributed by atoms with Crippen LogP contribution in [0.5, 0.6) is 0 Å². The predicted molar refractivity (Wildman–Crippen MR) is 85.4 cm³/mol. The summed E-state index contributed by atoms with van der Waals surface area (Å²) in [5, 5.41) is 18.2. The van der Waals surface area contributed by atoms with Gasteiger partial charge >= 0.3 is 0 Å². The van der Waals surface area contributed by atoms with Crippen LogP contribution in [-0.2, 0) is 16.2 Å². The Morgan fingerprint density at radius 2 is 2.24 bits per heavy atom. The molecule has 0 aromatic carbocycles. The highest BCUT2D eigenvalue weighted by Crippen LogP contribution is 2.26. The van der Waals surface area contributed by atoms with Gasteiger partial charge in [-0.2, -0.15) is 9.61 Å². The summed E-state index contributed by atoms with van der Waals surface area (Å²) in [4.78, 5) is 20.4. The molecular weight excluding hydrogens is 324 g/mol. The molecular formula is C15H16N8O2. The van der Waals surface area contributed by atoms with Crippen LogP contribution >= 0.6 is 0 Å². The zero-order valence-electron chi connectivity index (χ0n) is 13.4. The van der Waals surface area contributed by atoms with E-state index < -0.39 is 6.04 Å². The Bertz CT molecular complexity index is 928. The number of hydrogen-bond acceptors (Lipinski definition) is 7. The largest absolute Gasteiger partial charge is 0.347 e. The number of hydroxylamine groups is 2. The third-order valence-corrected chi connectivity index (χ3v) is 4.55. The molecule has 1 atom stereocenters. The molecule has 0 spiro atoms. The molecule has 0 N–H and O–H groups in total.